The Morgan fingerprint density at radius 1 is 1.25 bits per heavy atom. The molecule has 0 saturated carbocycles. The highest BCUT2D eigenvalue weighted by Crippen LogP contribution is 2.23. The molecule has 3 aromatic rings. The Kier molecular flexibility index (Phi) is 4.66. The molecule has 6 heteroatoms. The van der Waals surface area contributed by atoms with Crippen LogP contribution in [0, 0.1) is 20.8 Å². The number of benzene rings is 1. The van der Waals surface area contributed by atoms with Crippen molar-refractivity contribution < 1.29 is 9.52 Å². The van der Waals surface area contributed by atoms with E-state index in [-0.39, 0.29) is 6.61 Å². The third-order valence-electron chi connectivity index (χ3n) is 4.04. The fraction of sp³-hybridized carbons (Fsp3) is 0.333. The minimum atomic E-state index is 0.0897. The molecule has 0 unspecified atom stereocenters. The van der Waals surface area contributed by atoms with Gasteiger partial charge in [-0.15, -0.1) is 0 Å². The molecule has 1 aromatic carbocycles. The molecule has 3 rings (SSSR count). The van der Waals surface area contributed by atoms with E-state index >= 15 is 0 Å². The average Bonchev–Trinajstić information content (AvgIpc) is 3.11. The maximum Gasteiger partial charge on any atom is 0.226 e. The fourth-order valence-corrected chi connectivity index (χ4v) is 2.74. The number of nitrogens with zero attached hydrogens (tertiary/aromatic N) is 3. The minimum Gasteiger partial charge on any atom is -0.441 e. The van der Waals surface area contributed by atoms with E-state index in [0.717, 1.165) is 34.0 Å². The van der Waals surface area contributed by atoms with Gasteiger partial charge in [-0.1, -0.05) is 6.07 Å². The van der Waals surface area contributed by atoms with Gasteiger partial charge >= 0.3 is 0 Å². The highest BCUT2D eigenvalue weighted by atomic mass is 16.4. The summed E-state index contributed by atoms with van der Waals surface area (Å²) in [5, 5.41) is 17.0. The lowest BCUT2D eigenvalue weighted by molar-refractivity contribution is 0.268. The summed E-state index contributed by atoms with van der Waals surface area (Å²) >= 11 is 0. The number of aryl methyl sites for hydroxylation is 2. The summed E-state index contributed by atoms with van der Waals surface area (Å²) in [4.78, 5) is 4.27. The zero-order chi connectivity index (χ0) is 17.1. The molecule has 2 aromatic heterocycles. The van der Waals surface area contributed by atoms with Crippen LogP contribution in [0.1, 0.15) is 22.7 Å². The number of aromatic nitrogens is 3. The molecule has 0 saturated heterocycles. The van der Waals surface area contributed by atoms with Crippen LogP contribution in [0.15, 0.2) is 34.9 Å². The molecule has 0 amide bonds. The van der Waals surface area contributed by atoms with Crippen LogP contribution in [0.25, 0.3) is 11.5 Å². The third-order valence-corrected chi connectivity index (χ3v) is 4.04. The summed E-state index contributed by atoms with van der Waals surface area (Å²) in [5.41, 5.74) is 5.15. The topological polar surface area (TPSA) is 76.1 Å². The van der Waals surface area contributed by atoms with Gasteiger partial charge in [-0.2, -0.15) is 5.10 Å². The van der Waals surface area contributed by atoms with Crippen molar-refractivity contribution in [2.75, 3.05) is 11.9 Å². The van der Waals surface area contributed by atoms with Crippen LogP contribution in [0.2, 0.25) is 0 Å². The summed E-state index contributed by atoms with van der Waals surface area (Å²) < 4.78 is 7.43. The highest BCUT2D eigenvalue weighted by molar-refractivity contribution is 5.61. The second-order valence-electron chi connectivity index (χ2n) is 5.81. The summed E-state index contributed by atoms with van der Waals surface area (Å²) in [7, 11) is 0. The monoisotopic (exact) mass is 326 g/mol. The first-order valence-corrected chi connectivity index (χ1v) is 7.99. The van der Waals surface area contributed by atoms with Crippen molar-refractivity contribution >= 4 is 5.69 Å². The van der Waals surface area contributed by atoms with E-state index in [1.807, 2.05) is 49.7 Å². The molecule has 126 valence electrons. The van der Waals surface area contributed by atoms with Crippen LogP contribution in [-0.4, -0.2) is 26.5 Å². The largest absolute Gasteiger partial charge is 0.441 e. The lowest BCUT2D eigenvalue weighted by Gasteiger charge is -2.08. The predicted octanol–water partition coefficient (Wildman–Crippen LogP) is 3.07. The fourth-order valence-electron chi connectivity index (χ4n) is 2.74. The van der Waals surface area contributed by atoms with Crippen LogP contribution in [-0.2, 0) is 13.1 Å². The number of aliphatic hydroxyl groups excluding tert-OH is 1. The van der Waals surface area contributed by atoms with Crippen LogP contribution >= 0.6 is 0 Å². The summed E-state index contributed by atoms with van der Waals surface area (Å²) in [6.07, 6.45) is 1.72. The summed E-state index contributed by atoms with van der Waals surface area (Å²) in [6.45, 7) is 7.19. The number of hydrogen-bond acceptors (Lipinski definition) is 5. The Morgan fingerprint density at radius 2 is 2.08 bits per heavy atom. The normalized spacial score (nSPS) is 11.0. The van der Waals surface area contributed by atoms with E-state index < -0.39 is 0 Å². The zero-order valence-corrected chi connectivity index (χ0v) is 14.2. The van der Waals surface area contributed by atoms with Gasteiger partial charge in [0.1, 0.15) is 5.76 Å². The number of aliphatic hydroxyl groups is 1. The standard InChI is InChI=1S/C18H22N4O2/c1-12-10-20-18(24-12)15-5-4-6-16(9-15)19-11-17-13(2)21-22(7-8-23)14(17)3/h4-6,9-10,19,23H,7-8,11H2,1-3H3. The number of hydrogen-bond donors (Lipinski definition) is 2. The molecule has 0 aliphatic heterocycles. The van der Waals surface area contributed by atoms with Crippen molar-refractivity contribution in [3.63, 3.8) is 0 Å². The number of oxazole rings is 1. The number of anilines is 1. The van der Waals surface area contributed by atoms with Gasteiger partial charge in [0.05, 0.1) is 25.0 Å². The van der Waals surface area contributed by atoms with Crippen molar-refractivity contribution in [1.82, 2.24) is 14.8 Å². The maximum absolute atomic E-state index is 9.10. The van der Waals surface area contributed by atoms with Crippen LogP contribution < -0.4 is 5.32 Å². The minimum absolute atomic E-state index is 0.0897. The van der Waals surface area contributed by atoms with E-state index in [4.69, 9.17) is 9.52 Å². The Hall–Kier alpha value is -2.60. The van der Waals surface area contributed by atoms with E-state index in [0.29, 0.717) is 19.0 Å². The Morgan fingerprint density at radius 3 is 2.79 bits per heavy atom. The molecule has 24 heavy (non-hydrogen) atoms. The molecule has 2 N–H and O–H groups in total. The lowest BCUT2D eigenvalue weighted by atomic mass is 10.1. The molecule has 2 heterocycles. The molecule has 0 spiro atoms. The molecule has 0 aliphatic carbocycles. The number of rotatable bonds is 6. The van der Waals surface area contributed by atoms with E-state index in [2.05, 4.69) is 15.4 Å². The van der Waals surface area contributed by atoms with Crippen molar-refractivity contribution in [2.24, 2.45) is 0 Å². The van der Waals surface area contributed by atoms with E-state index in [9.17, 15) is 0 Å². The zero-order valence-electron chi connectivity index (χ0n) is 14.2. The summed E-state index contributed by atoms with van der Waals surface area (Å²) in [6, 6.07) is 7.99. The average molecular weight is 326 g/mol. The SMILES string of the molecule is Cc1cnc(-c2cccc(NCc3c(C)nn(CCO)c3C)c2)o1. The first-order chi connectivity index (χ1) is 11.6. The lowest BCUT2D eigenvalue weighted by Crippen LogP contribution is -2.07. The molecule has 0 bridgehead atoms. The van der Waals surface area contributed by atoms with E-state index in [1.165, 1.54) is 0 Å². The highest BCUT2D eigenvalue weighted by Gasteiger charge is 2.11. The summed E-state index contributed by atoms with van der Waals surface area (Å²) in [5.74, 6) is 1.42. The third kappa shape index (κ3) is 3.33. The van der Waals surface area contributed by atoms with Gasteiger partial charge < -0.3 is 14.8 Å². The van der Waals surface area contributed by atoms with Crippen molar-refractivity contribution in [1.29, 1.82) is 0 Å². The molecule has 0 aliphatic rings. The Bertz CT molecular complexity index is 835. The van der Waals surface area contributed by atoms with Gasteiger partial charge in [-0.25, -0.2) is 4.98 Å². The first kappa shape index (κ1) is 16.3. The molecule has 6 nitrogen and oxygen atoms in total. The molecule has 0 fully saturated rings. The van der Waals surface area contributed by atoms with Crippen LogP contribution in [0.4, 0.5) is 5.69 Å². The molecule has 0 atom stereocenters. The molecular weight excluding hydrogens is 304 g/mol. The van der Waals surface area contributed by atoms with Gasteiger partial charge in [0, 0.05) is 29.1 Å². The van der Waals surface area contributed by atoms with Gasteiger partial charge in [-0.3, -0.25) is 4.68 Å². The predicted molar refractivity (Wildman–Crippen MR) is 92.8 cm³/mol. The van der Waals surface area contributed by atoms with Crippen molar-refractivity contribution in [3.8, 4) is 11.5 Å². The Labute approximate surface area is 141 Å². The Balaban J connectivity index is 1.76. The second-order valence-corrected chi connectivity index (χ2v) is 5.81. The van der Waals surface area contributed by atoms with Crippen molar-refractivity contribution in [2.45, 2.75) is 33.9 Å². The van der Waals surface area contributed by atoms with Crippen LogP contribution in [0.5, 0.6) is 0 Å². The number of nitrogens with one attached hydrogen (secondary N) is 1. The van der Waals surface area contributed by atoms with Gasteiger partial charge in [0.2, 0.25) is 5.89 Å². The van der Waals surface area contributed by atoms with Crippen molar-refractivity contribution in [3.05, 3.63) is 53.2 Å². The first-order valence-electron chi connectivity index (χ1n) is 7.99. The second kappa shape index (κ2) is 6.88. The van der Waals surface area contributed by atoms with Gasteiger partial charge in [-0.05, 0) is 39.0 Å². The molecule has 0 radical (unpaired) electrons. The van der Waals surface area contributed by atoms with Gasteiger partial charge in [0.15, 0.2) is 0 Å². The maximum atomic E-state index is 9.10. The van der Waals surface area contributed by atoms with Gasteiger partial charge in [0.25, 0.3) is 0 Å². The molecular formula is C18H22N4O2. The van der Waals surface area contributed by atoms with Crippen LogP contribution in [0.3, 0.4) is 0 Å². The van der Waals surface area contributed by atoms with E-state index in [1.54, 1.807) is 6.20 Å². The quantitative estimate of drug-likeness (QED) is 0.728. The smallest absolute Gasteiger partial charge is 0.226 e.